The molecule has 2 aromatic carbocycles. The highest BCUT2D eigenvalue weighted by molar-refractivity contribution is 6.31. The molecule has 1 N–H and O–H groups in total. The number of benzene rings is 2. The molecule has 2 rings (SSSR count). The van der Waals surface area contributed by atoms with Gasteiger partial charge in [-0.25, -0.2) is 0 Å². The molecule has 0 radical (unpaired) electrons. The monoisotopic (exact) mass is 347 g/mol. The third kappa shape index (κ3) is 5.17. The zero-order valence-electron chi connectivity index (χ0n) is 14.3. The summed E-state index contributed by atoms with van der Waals surface area (Å²) in [5, 5.41) is 3.50. The number of carbonyl (C=O) groups is 1. The Balaban J connectivity index is 1.99. The van der Waals surface area contributed by atoms with Crippen LogP contribution >= 0.6 is 11.6 Å². The van der Waals surface area contributed by atoms with E-state index in [2.05, 4.69) is 5.32 Å². The highest BCUT2D eigenvalue weighted by atomic mass is 35.5. The molecular weight excluding hydrogens is 326 g/mol. The van der Waals surface area contributed by atoms with Crippen molar-refractivity contribution in [2.75, 3.05) is 5.32 Å². The second kappa shape index (κ2) is 8.06. The molecule has 1 amide bonds. The first kappa shape index (κ1) is 18.1. The smallest absolute Gasteiger partial charge is 0.265 e. The van der Waals surface area contributed by atoms with Crippen molar-refractivity contribution in [2.24, 2.45) is 0 Å². The number of nitrogens with one attached hydrogen (secondary N) is 1. The van der Waals surface area contributed by atoms with Gasteiger partial charge in [0.1, 0.15) is 11.5 Å². The van der Waals surface area contributed by atoms with Gasteiger partial charge in [0.2, 0.25) is 0 Å². The molecule has 0 aliphatic heterocycles. The molecule has 0 aliphatic rings. The van der Waals surface area contributed by atoms with Crippen molar-refractivity contribution in [1.82, 2.24) is 0 Å². The third-order valence-electron chi connectivity index (χ3n) is 3.28. The lowest BCUT2D eigenvalue weighted by Gasteiger charge is -2.16. The molecule has 0 heterocycles. The van der Waals surface area contributed by atoms with Gasteiger partial charge in [0.15, 0.2) is 6.10 Å². The largest absolute Gasteiger partial charge is 0.491 e. The van der Waals surface area contributed by atoms with E-state index < -0.39 is 6.10 Å². The lowest BCUT2D eigenvalue weighted by Crippen LogP contribution is -2.30. The summed E-state index contributed by atoms with van der Waals surface area (Å²) in [6.45, 7) is 7.50. The zero-order valence-corrected chi connectivity index (χ0v) is 15.1. The fourth-order valence-electron chi connectivity index (χ4n) is 2.11. The van der Waals surface area contributed by atoms with Crippen LogP contribution in [0.15, 0.2) is 42.5 Å². The SMILES string of the molecule is Cc1cc(O[C@@H](C)C(=O)Nc2cccc(OC(C)C)c2)ccc1Cl. The summed E-state index contributed by atoms with van der Waals surface area (Å²) in [6, 6.07) is 12.6. The average molecular weight is 348 g/mol. The normalized spacial score (nSPS) is 11.9. The molecule has 0 saturated heterocycles. The van der Waals surface area contributed by atoms with Gasteiger partial charge in [-0.15, -0.1) is 0 Å². The standard InChI is InChI=1S/C19H22ClNO3/c1-12(2)23-16-7-5-6-15(11-16)21-19(22)14(4)24-17-8-9-18(20)13(3)10-17/h5-12,14H,1-4H3,(H,21,22)/t14-/m0/s1. The lowest BCUT2D eigenvalue weighted by molar-refractivity contribution is -0.122. The van der Waals surface area contributed by atoms with E-state index in [1.807, 2.05) is 45.0 Å². The maximum absolute atomic E-state index is 12.3. The van der Waals surface area contributed by atoms with Gasteiger partial charge in [-0.3, -0.25) is 4.79 Å². The number of hydrogen-bond donors (Lipinski definition) is 1. The van der Waals surface area contributed by atoms with Crippen LogP contribution in [0.25, 0.3) is 0 Å². The second-order valence-corrected chi connectivity index (χ2v) is 6.26. The number of carbonyl (C=O) groups excluding carboxylic acids is 1. The lowest BCUT2D eigenvalue weighted by atomic mass is 10.2. The van der Waals surface area contributed by atoms with Gasteiger partial charge in [-0.1, -0.05) is 17.7 Å². The Kier molecular flexibility index (Phi) is 6.10. The topological polar surface area (TPSA) is 47.6 Å². The van der Waals surface area contributed by atoms with Crippen LogP contribution in [0.2, 0.25) is 5.02 Å². The average Bonchev–Trinajstić information content (AvgIpc) is 2.50. The van der Waals surface area contributed by atoms with Crippen LogP contribution in [0, 0.1) is 6.92 Å². The molecule has 0 fully saturated rings. The molecule has 128 valence electrons. The number of rotatable bonds is 6. The van der Waals surface area contributed by atoms with Crippen molar-refractivity contribution in [3.05, 3.63) is 53.1 Å². The molecule has 0 aromatic heterocycles. The number of halogens is 1. The van der Waals surface area contributed by atoms with E-state index in [0.29, 0.717) is 22.2 Å². The third-order valence-corrected chi connectivity index (χ3v) is 3.71. The van der Waals surface area contributed by atoms with Gasteiger partial charge in [0.05, 0.1) is 6.10 Å². The second-order valence-electron chi connectivity index (χ2n) is 5.85. The van der Waals surface area contributed by atoms with Gasteiger partial charge in [-0.05, 0) is 63.6 Å². The fraction of sp³-hybridized carbons (Fsp3) is 0.316. The first-order valence-corrected chi connectivity index (χ1v) is 8.23. The minimum absolute atomic E-state index is 0.0753. The number of aryl methyl sites for hydroxylation is 1. The summed E-state index contributed by atoms with van der Waals surface area (Å²) >= 11 is 5.99. The highest BCUT2D eigenvalue weighted by Crippen LogP contribution is 2.23. The number of amides is 1. The van der Waals surface area contributed by atoms with Crippen LogP contribution in [0.3, 0.4) is 0 Å². The van der Waals surface area contributed by atoms with Crippen LogP contribution in [0.4, 0.5) is 5.69 Å². The fourth-order valence-corrected chi connectivity index (χ4v) is 2.23. The Bertz CT molecular complexity index is 716. The quantitative estimate of drug-likeness (QED) is 0.813. The van der Waals surface area contributed by atoms with Crippen LogP contribution in [0.1, 0.15) is 26.3 Å². The maximum Gasteiger partial charge on any atom is 0.265 e. The van der Waals surface area contributed by atoms with E-state index in [9.17, 15) is 4.79 Å². The van der Waals surface area contributed by atoms with E-state index >= 15 is 0 Å². The zero-order chi connectivity index (χ0) is 17.7. The molecule has 0 saturated carbocycles. The predicted octanol–water partition coefficient (Wildman–Crippen LogP) is 4.84. The molecule has 5 heteroatoms. The van der Waals surface area contributed by atoms with Gasteiger partial charge in [-0.2, -0.15) is 0 Å². The predicted molar refractivity (Wildman–Crippen MR) is 97.1 cm³/mol. The van der Waals surface area contributed by atoms with E-state index in [1.54, 1.807) is 25.1 Å². The van der Waals surface area contributed by atoms with E-state index in [-0.39, 0.29) is 12.0 Å². The molecule has 1 atom stereocenters. The minimum atomic E-state index is -0.639. The first-order chi connectivity index (χ1) is 11.3. The maximum atomic E-state index is 12.3. The molecule has 0 bridgehead atoms. The van der Waals surface area contributed by atoms with Crippen LogP contribution in [-0.2, 0) is 4.79 Å². The van der Waals surface area contributed by atoms with Crippen molar-refractivity contribution in [3.63, 3.8) is 0 Å². The van der Waals surface area contributed by atoms with E-state index in [4.69, 9.17) is 21.1 Å². The Morgan fingerprint density at radius 1 is 1.04 bits per heavy atom. The summed E-state index contributed by atoms with van der Waals surface area (Å²) in [5.41, 5.74) is 1.57. The van der Waals surface area contributed by atoms with Crippen molar-refractivity contribution < 1.29 is 14.3 Å². The number of hydrogen-bond acceptors (Lipinski definition) is 3. The molecule has 0 aliphatic carbocycles. The van der Waals surface area contributed by atoms with E-state index in [1.165, 1.54) is 0 Å². The first-order valence-electron chi connectivity index (χ1n) is 7.85. The number of ether oxygens (including phenoxy) is 2. The van der Waals surface area contributed by atoms with Crippen molar-refractivity contribution in [2.45, 2.75) is 39.9 Å². The molecule has 2 aromatic rings. The summed E-state index contributed by atoms with van der Waals surface area (Å²) in [4.78, 5) is 12.3. The summed E-state index contributed by atoms with van der Waals surface area (Å²) < 4.78 is 11.3. The van der Waals surface area contributed by atoms with Gasteiger partial charge < -0.3 is 14.8 Å². The Morgan fingerprint density at radius 3 is 2.42 bits per heavy atom. The molecular formula is C19H22ClNO3. The van der Waals surface area contributed by atoms with Crippen molar-refractivity contribution in [1.29, 1.82) is 0 Å². The molecule has 0 spiro atoms. The van der Waals surface area contributed by atoms with Gasteiger partial charge >= 0.3 is 0 Å². The molecule has 4 nitrogen and oxygen atoms in total. The summed E-state index contributed by atoms with van der Waals surface area (Å²) in [7, 11) is 0. The molecule has 24 heavy (non-hydrogen) atoms. The highest BCUT2D eigenvalue weighted by Gasteiger charge is 2.15. The van der Waals surface area contributed by atoms with Crippen molar-refractivity contribution in [3.8, 4) is 11.5 Å². The van der Waals surface area contributed by atoms with E-state index in [0.717, 1.165) is 5.56 Å². The van der Waals surface area contributed by atoms with Gasteiger partial charge in [0.25, 0.3) is 5.91 Å². The minimum Gasteiger partial charge on any atom is -0.491 e. The molecule has 0 unspecified atom stereocenters. The Hall–Kier alpha value is -2.20. The van der Waals surface area contributed by atoms with Gasteiger partial charge in [0, 0.05) is 16.8 Å². The summed E-state index contributed by atoms with van der Waals surface area (Å²) in [5.74, 6) is 1.09. The van der Waals surface area contributed by atoms with Crippen LogP contribution < -0.4 is 14.8 Å². The van der Waals surface area contributed by atoms with Crippen molar-refractivity contribution >= 4 is 23.2 Å². The summed E-state index contributed by atoms with van der Waals surface area (Å²) in [6.07, 6.45) is -0.563. The van der Waals surface area contributed by atoms with Crippen LogP contribution in [0.5, 0.6) is 11.5 Å². The van der Waals surface area contributed by atoms with Crippen LogP contribution in [-0.4, -0.2) is 18.1 Å². The Labute approximate surface area is 147 Å². The number of anilines is 1. The Morgan fingerprint density at radius 2 is 1.75 bits per heavy atom.